The summed E-state index contributed by atoms with van der Waals surface area (Å²) in [6.45, 7) is 6.36. The molecule has 110 valence electrons. The third kappa shape index (κ3) is 4.35. The Balaban J connectivity index is 2.98. The van der Waals surface area contributed by atoms with Crippen LogP contribution in [0.25, 0.3) is 0 Å². The SMILES string of the molecule is CCNC(C)(C)C(=O)N(CCC(=O)O)c1ccccc1. The van der Waals surface area contributed by atoms with Crippen LogP contribution >= 0.6 is 0 Å². The van der Waals surface area contributed by atoms with Crippen molar-refractivity contribution in [3.63, 3.8) is 0 Å². The van der Waals surface area contributed by atoms with Gasteiger partial charge in [0.25, 0.3) is 0 Å². The predicted molar refractivity (Wildman–Crippen MR) is 78.8 cm³/mol. The summed E-state index contributed by atoms with van der Waals surface area (Å²) in [6, 6.07) is 9.13. The number of hydrogen-bond acceptors (Lipinski definition) is 3. The Kier molecular flexibility index (Phi) is 5.70. The molecule has 0 unspecified atom stereocenters. The number of amides is 1. The van der Waals surface area contributed by atoms with Crippen LogP contribution in [-0.4, -0.2) is 35.6 Å². The van der Waals surface area contributed by atoms with E-state index in [1.54, 1.807) is 13.8 Å². The summed E-state index contributed by atoms with van der Waals surface area (Å²) in [5.41, 5.74) is -0.0203. The zero-order valence-corrected chi connectivity index (χ0v) is 12.2. The first-order valence-corrected chi connectivity index (χ1v) is 6.72. The van der Waals surface area contributed by atoms with Gasteiger partial charge in [0, 0.05) is 12.2 Å². The van der Waals surface area contributed by atoms with Gasteiger partial charge in [0.15, 0.2) is 0 Å². The summed E-state index contributed by atoms with van der Waals surface area (Å²) >= 11 is 0. The lowest BCUT2D eigenvalue weighted by Crippen LogP contribution is -2.54. The molecule has 0 saturated carbocycles. The number of anilines is 1. The van der Waals surface area contributed by atoms with E-state index in [-0.39, 0.29) is 18.9 Å². The summed E-state index contributed by atoms with van der Waals surface area (Å²) in [7, 11) is 0. The molecule has 1 rings (SSSR count). The number of carboxylic acids is 1. The molecule has 0 aromatic heterocycles. The van der Waals surface area contributed by atoms with E-state index in [1.807, 2.05) is 37.3 Å². The van der Waals surface area contributed by atoms with Gasteiger partial charge in [-0.2, -0.15) is 0 Å². The number of nitrogens with one attached hydrogen (secondary N) is 1. The molecule has 1 aromatic carbocycles. The van der Waals surface area contributed by atoms with Gasteiger partial charge in [0.1, 0.15) is 0 Å². The number of benzene rings is 1. The van der Waals surface area contributed by atoms with Gasteiger partial charge in [-0.3, -0.25) is 9.59 Å². The molecule has 5 heteroatoms. The molecular formula is C15H22N2O3. The van der Waals surface area contributed by atoms with Gasteiger partial charge in [0.2, 0.25) is 5.91 Å². The Labute approximate surface area is 119 Å². The molecular weight excluding hydrogens is 256 g/mol. The van der Waals surface area contributed by atoms with Crippen LogP contribution in [0.15, 0.2) is 30.3 Å². The second-order valence-corrected chi connectivity index (χ2v) is 5.09. The summed E-state index contributed by atoms with van der Waals surface area (Å²) in [5.74, 6) is -1.05. The van der Waals surface area contributed by atoms with Crippen molar-refractivity contribution in [1.29, 1.82) is 0 Å². The molecule has 0 aliphatic carbocycles. The highest BCUT2D eigenvalue weighted by Gasteiger charge is 2.31. The molecule has 5 nitrogen and oxygen atoms in total. The van der Waals surface area contributed by atoms with E-state index in [0.29, 0.717) is 12.2 Å². The van der Waals surface area contributed by atoms with Crippen LogP contribution < -0.4 is 10.2 Å². The second kappa shape index (κ2) is 7.05. The van der Waals surface area contributed by atoms with Crippen LogP contribution in [-0.2, 0) is 9.59 Å². The minimum absolute atomic E-state index is 0.0805. The largest absolute Gasteiger partial charge is 0.481 e. The topological polar surface area (TPSA) is 69.6 Å². The summed E-state index contributed by atoms with van der Waals surface area (Å²) in [6.07, 6.45) is -0.0805. The third-order valence-corrected chi connectivity index (χ3v) is 3.02. The van der Waals surface area contributed by atoms with E-state index in [4.69, 9.17) is 5.11 Å². The highest BCUT2D eigenvalue weighted by Crippen LogP contribution is 2.18. The second-order valence-electron chi connectivity index (χ2n) is 5.09. The number of carbonyl (C=O) groups excluding carboxylic acids is 1. The Morgan fingerprint density at radius 1 is 1.25 bits per heavy atom. The van der Waals surface area contributed by atoms with Crippen molar-refractivity contribution < 1.29 is 14.7 Å². The number of nitrogens with zero attached hydrogens (tertiary/aromatic N) is 1. The van der Waals surface area contributed by atoms with Crippen molar-refractivity contribution in [2.45, 2.75) is 32.7 Å². The van der Waals surface area contributed by atoms with Crippen molar-refractivity contribution >= 4 is 17.6 Å². The number of para-hydroxylation sites is 1. The molecule has 2 N–H and O–H groups in total. The van der Waals surface area contributed by atoms with E-state index in [0.717, 1.165) is 0 Å². The van der Waals surface area contributed by atoms with Crippen molar-refractivity contribution in [3.8, 4) is 0 Å². The first-order valence-electron chi connectivity index (χ1n) is 6.72. The molecule has 0 aliphatic rings. The zero-order chi connectivity index (χ0) is 15.2. The molecule has 0 bridgehead atoms. The Morgan fingerprint density at radius 2 is 1.85 bits per heavy atom. The van der Waals surface area contributed by atoms with Gasteiger partial charge < -0.3 is 15.3 Å². The highest BCUT2D eigenvalue weighted by molar-refractivity contribution is 6.00. The first kappa shape index (κ1) is 16.2. The maximum atomic E-state index is 12.6. The molecule has 1 amide bonds. The lowest BCUT2D eigenvalue weighted by molar-refractivity contribution is -0.136. The molecule has 0 aliphatic heterocycles. The lowest BCUT2D eigenvalue weighted by Gasteiger charge is -2.32. The fourth-order valence-corrected chi connectivity index (χ4v) is 2.02. The van der Waals surface area contributed by atoms with E-state index >= 15 is 0 Å². The average Bonchev–Trinajstić information content (AvgIpc) is 2.39. The van der Waals surface area contributed by atoms with Crippen LogP contribution in [0.1, 0.15) is 27.2 Å². The minimum Gasteiger partial charge on any atom is -0.481 e. The number of carbonyl (C=O) groups is 2. The van der Waals surface area contributed by atoms with E-state index in [2.05, 4.69) is 5.32 Å². The average molecular weight is 278 g/mol. The maximum Gasteiger partial charge on any atom is 0.305 e. The number of aliphatic carboxylic acids is 1. The first-order chi connectivity index (χ1) is 9.38. The summed E-state index contributed by atoms with van der Waals surface area (Å²) in [4.78, 5) is 24.9. The molecule has 0 fully saturated rings. The lowest BCUT2D eigenvalue weighted by atomic mass is 10.0. The molecule has 0 saturated heterocycles. The van der Waals surface area contributed by atoms with Gasteiger partial charge >= 0.3 is 5.97 Å². The quantitative estimate of drug-likeness (QED) is 0.799. The molecule has 20 heavy (non-hydrogen) atoms. The van der Waals surface area contributed by atoms with E-state index < -0.39 is 11.5 Å². The predicted octanol–water partition coefficient (Wildman–Crippen LogP) is 1.88. The van der Waals surface area contributed by atoms with Crippen LogP contribution in [0.5, 0.6) is 0 Å². The molecule has 1 aromatic rings. The molecule has 0 atom stereocenters. The monoisotopic (exact) mass is 278 g/mol. The van der Waals surface area contributed by atoms with Crippen molar-refractivity contribution in [2.24, 2.45) is 0 Å². The third-order valence-electron chi connectivity index (χ3n) is 3.02. The van der Waals surface area contributed by atoms with Crippen molar-refractivity contribution in [3.05, 3.63) is 30.3 Å². The van der Waals surface area contributed by atoms with Crippen LogP contribution in [0.4, 0.5) is 5.69 Å². The molecule has 0 spiro atoms. The summed E-state index contributed by atoms with van der Waals surface area (Å²) in [5, 5.41) is 12.0. The molecule has 0 radical (unpaired) electrons. The number of rotatable bonds is 7. The standard InChI is InChI=1S/C15H22N2O3/c1-4-16-15(2,3)14(20)17(11-10-13(18)19)12-8-6-5-7-9-12/h5-9,16H,4,10-11H2,1-3H3,(H,18,19). The highest BCUT2D eigenvalue weighted by atomic mass is 16.4. The van der Waals surface area contributed by atoms with E-state index in [9.17, 15) is 9.59 Å². The maximum absolute atomic E-state index is 12.6. The number of carboxylic acid groups (broad SMARTS) is 1. The van der Waals surface area contributed by atoms with E-state index in [1.165, 1.54) is 4.90 Å². The van der Waals surface area contributed by atoms with Crippen LogP contribution in [0.2, 0.25) is 0 Å². The number of likely N-dealkylation sites (N-methyl/N-ethyl adjacent to an activating group) is 1. The normalized spacial score (nSPS) is 11.2. The van der Waals surface area contributed by atoms with Gasteiger partial charge in [-0.1, -0.05) is 25.1 Å². The smallest absolute Gasteiger partial charge is 0.305 e. The minimum atomic E-state index is -0.917. The van der Waals surface area contributed by atoms with Gasteiger partial charge in [-0.05, 0) is 32.5 Å². The zero-order valence-electron chi connectivity index (χ0n) is 12.2. The summed E-state index contributed by atoms with van der Waals surface area (Å²) < 4.78 is 0. The Bertz CT molecular complexity index is 457. The van der Waals surface area contributed by atoms with Gasteiger partial charge in [0.05, 0.1) is 12.0 Å². The Morgan fingerprint density at radius 3 is 2.35 bits per heavy atom. The van der Waals surface area contributed by atoms with Gasteiger partial charge in [-0.25, -0.2) is 0 Å². The Hall–Kier alpha value is -1.88. The van der Waals surface area contributed by atoms with Crippen LogP contribution in [0.3, 0.4) is 0 Å². The van der Waals surface area contributed by atoms with Crippen molar-refractivity contribution in [2.75, 3.05) is 18.0 Å². The van der Waals surface area contributed by atoms with Crippen molar-refractivity contribution in [1.82, 2.24) is 5.32 Å². The fourth-order valence-electron chi connectivity index (χ4n) is 2.02. The molecule has 0 heterocycles. The van der Waals surface area contributed by atoms with Gasteiger partial charge in [-0.15, -0.1) is 0 Å². The fraction of sp³-hybridized carbons (Fsp3) is 0.467. The van der Waals surface area contributed by atoms with Crippen LogP contribution in [0, 0.1) is 0 Å². The number of hydrogen-bond donors (Lipinski definition) is 2.